The predicted molar refractivity (Wildman–Crippen MR) is 90.0 cm³/mol. The normalized spacial score (nSPS) is 12.0. The second kappa shape index (κ2) is 7.55. The first-order valence-corrected chi connectivity index (χ1v) is 9.08. The van der Waals surface area contributed by atoms with Crippen LogP contribution >= 0.6 is 0 Å². The maximum atomic E-state index is 12.8. The third-order valence-electron chi connectivity index (χ3n) is 3.68. The van der Waals surface area contributed by atoms with Crippen molar-refractivity contribution >= 4 is 33.1 Å². The monoisotopic (exact) mass is 404 g/mol. The van der Waals surface area contributed by atoms with Crippen molar-refractivity contribution in [1.29, 1.82) is 0 Å². The summed E-state index contributed by atoms with van der Waals surface area (Å²) in [4.78, 5) is 22.7. The lowest BCUT2D eigenvalue weighted by molar-refractivity contribution is -0.142. The molecule has 146 valence electrons. The summed E-state index contributed by atoms with van der Waals surface area (Å²) in [6.45, 7) is 3.08. The molecular formula is C17H15F3O6S. The van der Waals surface area contributed by atoms with E-state index >= 15 is 0 Å². The summed E-state index contributed by atoms with van der Waals surface area (Å²) in [5.74, 6) is -1.37. The van der Waals surface area contributed by atoms with Crippen LogP contribution < -0.4 is 4.18 Å². The lowest BCUT2D eigenvalue weighted by Gasteiger charge is -2.17. The molecule has 0 N–H and O–H groups in total. The van der Waals surface area contributed by atoms with Crippen molar-refractivity contribution in [1.82, 2.24) is 0 Å². The van der Waals surface area contributed by atoms with E-state index < -0.39 is 33.8 Å². The van der Waals surface area contributed by atoms with Crippen LogP contribution in [0.5, 0.6) is 5.75 Å². The van der Waals surface area contributed by atoms with E-state index in [4.69, 9.17) is 4.74 Å². The van der Waals surface area contributed by atoms with Crippen molar-refractivity contribution in [2.75, 3.05) is 6.61 Å². The Balaban J connectivity index is 2.73. The number of carbonyl (C=O) groups excluding carboxylic acids is 2. The van der Waals surface area contributed by atoms with Gasteiger partial charge in [-0.1, -0.05) is 12.1 Å². The number of ether oxygens (including phenoxy) is 1. The summed E-state index contributed by atoms with van der Waals surface area (Å²) < 4.78 is 70.7. The van der Waals surface area contributed by atoms with Gasteiger partial charge in [-0.15, -0.1) is 0 Å². The molecule has 0 amide bonds. The first-order valence-electron chi connectivity index (χ1n) is 7.68. The van der Waals surface area contributed by atoms with Gasteiger partial charge in [0.15, 0.2) is 5.75 Å². The van der Waals surface area contributed by atoms with Crippen LogP contribution in [0.3, 0.4) is 0 Å². The summed E-state index contributed by atoms with van der Waals surface area (Å²) in [6.07, 6.45) is 0.0576. The molecule has 0 unspecified atom stereocenters. The van der Waals surface area contributed by atoms with Crippen molar-refractivity contribution in [2.45, 2.75) is 25.8 Å². The van der Waals surface area contributed by atoms with Gasteiger partial charge in [-0.25, -0.2) is 0 Å². The van der Waals surface area contributed by atoms with Crippen molar-refractivity contribution in [3.05, 3.63) is 41.0 Å². The van der Waals surface area contributed by atoms with Gasteiger partial charge in [-0.3, -0.25) is 9.59 Å². The Bertz CT molecular complexity index is 996. The Morgan fingerprint density at radius 1 is 1.22 bits per heavy atom. The molecule has 0 saturated carbocycles. The van der Waals surface area contributed by atoms with E-state index in [2.05, 4.69) is 4.18 Å². The zero-order chi connectivity index (χ0) is 20.4. The molecule has 0 bridgehead atoms. The van der Waals surface area contributed by atoms with Gasteiger partial charge in [0.05, 0.1) is 13.0 Å². The van der Waals surface area contributed by atoms with Crippen LogP contribution in [0, 0.1) is 6.92 Å². The molecule has 0 aliphatic heterocycles. The van der Waals surface area contributed by atoms with E-state index in [-0.39, 0.29) is 28.5 Å². The number of rotatable bonds is 6. The van der Waals surface area contributed by atoms with Crippen LogP contribution in [0.2, 0.25) is 0 Å². The molecule has 10 heteroatoms. The van der Waals surface area contributed by atoms with E-state index in [0.717, 1.165) is 0 Å². The van der Waals surface area contributed by atoms with Crippen molar-refractivity contribution in [3.8, 4) is 5.75 Å². The Kier molecular flexibility index (Phi) is 5.79. The van der Waals surface area contributed by atoms with Crippen molar-refractivity contribution in [2.24, 2.45) is 0 Å². The van der Waals surface area contributed by atoms with E-state index in [1.807, 2.05) is 0 Å². The van der Waals surface area contributed by atoms with Crippen LogP contribution in [0.1, 0.15) is 28.4 Å². The molecule has 0 aliphatic rings. The van der Waals surface area contributed by atoms with Gasteiger partial charge < -0.3 is 8.92 Å². The highest BCUT2D eigenvalue weighted by atomic mass is 32.2. The predicted octanol–water partition coefficient (Wildman–Crippen LogP) is 3.29. The zero-order valence-electron chi connectivity index (χ0n) is 14.3. The first-order chi connectivity index (χ1) is 12.5. The molecule has 0 spiro atoms. The van der Waals surface area contributed by atoms with Gasteiger partial charge in [0.2, 0.25) is 0 Å². The van der Waals surface area contributed by atoms with Gasteiger partial charge in [-0.05, 0) is 36.9 Å². The molecule has 0 fully saturated rings. The molecule has 0 heterocycles. The summed E-state index contributed by atoms with van der Waals surface area (Å²) >= 11 is 0. The highest BCUT2D eigenvalue weighted by Crippen LogP contribution is 2.37. The second-order valence-corrected chi connectivity index (χ2v) is 7.10. The molecule has 27 heavy (non-hydrogen) atoms. The molecule has 0 radical (unpaired) electrons. The summed E-state index contributed by atoms with van der Waals surface area (Å²) in [6, 6.07) is 5.45. The topological polar surface area (TPSA) is 86.7 Å². The molecule has 0 aromatic heterocycles. The summed E-state index contributed by atoms with van der Waals surface area (Å²) in [7, 11) is -5.97. The fraction of sp³-hybridized carbons (Fsp3) is 0.294. The maximum Gasteiger partial charge on any atom is 0.534 e. The number of fused-ring (bicyclic) bond motifs is 1. The lowest BCUT2D eigenvalue weighted by atomic mass is 9.97. The van der Waals surface area contributed by atoms with Crippen LogP contribution in [-0.4, -0.2) is 32.8 Å². The molecule has 0 aliphatic carbocycles. The smallest absolute Gasteiger partial charge is 0.466 e. The van der Waals surface area contributed by atoms with Crippen LogP contribution in [0.25, 0.3) is 10.8 Å². The molecule has 2 rings (SSSR count). The Morgan fingerprint density at radius 2 is 1.89 bits per heavy atom. The summed E-state index contributed by atoms with van der Waals surface area (Å²) in [5, 5.41) is 0.301. The SMILES string of the molecule is CCOC(=O)Cc1c(C)cc2cc(C=O)ccc2c1OS(=O)(=O)C(F)(F)F. The Labute approximate surface area is 153 Å². The molecular weight excluding hydrogens is 389 g/mol. The van der Waals surface area contributed by atoms with E-state index in [9.17, 15) is 31.2 Å². The third kappa shape index (κ3) is 4.38. The van der Waals surface area contributed by atoms with E-state index in [0.29, 0.717) is 11.8 Å². The minimum Gasteiger partial charge on any atom is -0.466 e. The Hall–Kier alpha value is -2.62. The number of alkyl halides is 3. The van der Waals surface area contributed by atoms with Crippen molar-refractivity contribution in [3.63, 3.8) is 0 Å². The third-order valence-corrected chi connectivity index (χ3v) is 4.63. The quantitative estimate of drug-likeness (QED) is 0.318. The van der Waals surface area contributed by atoms with Gasteiger partial charge in [0, 0.05) is 16.5 Å². The molecule has 0 saturated heterocycles. The zero-order valence-corrected chi connectivity index (χ0v) is 15.1. The fourth-order valence-electron chi connectivity index (χ4n) is 2.47. The van der Waals surface area contributed by atoms with Gasteiger partial charge >= 0.3 is 21.6 Å². The maximum absolute atomic E-state index is 12.8. The number of benzene rings is 2. The largest absolute Gasteiger partial charge is 0.534 e. The average Bonchev–Trinajstić information content (AvgIpc) is 2.56. The molecule has 6 nitrogen and oxygen atoms in total. The number of esters is 1. The number of hydrogen-bond acceptors (Lipinski definition) is 6. The standard InChI is InChI=1S/C17H15F3O6S/c1-3-25-15(22)8-14-10(2)6-12-7-11(9-21)4-5-13(12)16(14)26-27(23,24)17(18,19)20/h4-7,9H,3,8H2,1-2H3. The van der Waals surface area contributed by atoms with Crippen LogP contribution in [0.15, 0.2) is 24.3 Å². The second-order valence-electron chi connectivity index (χ2n) is 5.56. The summed E-state index contributed by atoms with van der Waals surface area (Å²) in [5.41, 5.74) is -5.14. The highest BCUT2D eigenvalue weighted by molar-refractivity contribution is 7.88. The van der Waals surface area contributed by atoms with Crippen molar-refractivity contribution < 1.29 is 40.1 Å². The average molecular weight is 404 g/mol. The molecule has 2 aromatic carbocycles. The number of carbonyl (C=O) groups is 2. The molecule has 2 aromatic rings. The minimum atomic E-state index is -5.97. The van der Waals surface area contributed by atoms with E-state index in [1.165, 1.54) is 31.2 Å². The highest BCUT2D eigenvalue weighted by Gasteiger charge is 2.49. The van der Waals surface area contributed by atoms with Crippen LogP contribution in [-0.2, 0) is 26.1 Å². The van der Waals surface area contributed by atoms with Gasteiger partial charge in [-0.2, -0.15) is 21.6 Å². The number of aldehydes is 1. The fourth-order valence-corrected chi connectivity index (χ4v) is 2.98. The number of aryl methyl sites for hydroxylation is 1. The lowest BCUT2D eigenvalue weighted by Crippen LogP contribution is -2.28. The van der Waals surface area contributed by atoms with Gasteiger partial charge in [0.25, 0.3) is 0 Å². The number of hydrogen-bond donors (Lipinski definition) is 0. The van der Waals surface area contributed by atoms with E-state index in [1.54, 1.807) is 6.92 Å². The van der Waals surface area contributed by atoms with Gasteiger partial charge in [0.1, 0.15) is 6.29 Å². The first kappa shape index (κ1) is 20.7. The number of halogens is 3. The van der Waals surface area contributed by atoms with Crippen LogP contribution in [0.4, 0.5) is 13.2 Å². The Morgan fingerprint density at radius 3 is 2.44 bits per heavy atom. The molecule has 0 atom stereocenters. The minimum absolute atomic E-state index is 0.0123.